The van der Waals surface area contributed by atoms with E-state index < -0.39 is 0 Å². The minimum Gasteiger partial charge on any atom is -0.368 e. The molecule has 2 aliphatic rings. The molecule has 3 nitrogen and oxygen atoms in total. The molecule has 0 spiro atoms. The highest BCUT2D eigenvalue weighted by Gasteiger charge is 2.49. The summed E-state index contributed by atoms with van der Waals surface area (Å²) in [6, 6.07) is 0.542. The van der Waals surface area contributed by atoms with E-state index in [-0.39, 0.29) is 11.2 Å². The van der Waals surface area contributed by atoms with Crippen molar-refractivity contribution in [3.8, 4) is 0 Å². The Hall–Kier alpha value is 0.230. The Morgan fingerprint density at radius 2 is 1.79 bits per heavy atom. The highest BCUT2D eigenvalue weighted by molar-refractivity contribution is 8.00. The molecular weight excluding hydrogens is 256 g/mol. The number of thioether (sulfide) groups is 1. The van der Waals surface area contributed by atoms with Gasteiger partial charge < -0.3 is 10.5 Å². The molecule has 0 bridgehead atoms. The van der Waals surface area contributed by atoms with Crippen LogP contribution in [0.3, 0.4) is 0 Å². The molecule has 0 aromatic heterocycles. The van der Waals surface area contributed by atoms with Crippen molar-refractivity contribution in [2.45, 2.75) is 68.9 Å². The number of nitrogens with two attached hydrogens (primary N) is 1. The van der Waals surface area contributed by atoms with Crippen molar-refractivity contribution in [2.24, 2.45) is 5.73 Å². The Morgan fingerprint density at radius 3 is 2.16 bits per heavy atom. The monoisotopic (exact) mass is 286 g/mol. The van der Waals surface area contributed by atoms with E-state index in [0.29, 0.717) is 10.8 Å². The minimum atomic E-state index is -0.0361. The van der Waals surface area contributed by atoms with Crippen molar-refractivity contribution >= 4 is 11.8 Å². The van der Waals surface area contributed by atoms with Gasteiger partial charge in [-0.25, -0.2) is 0 Å². The van der Waals surface area contributed by atoms with Crippen molar-refractivity contribution in [1.29, 1.82) is 0 Å². The Labute approximate surface area is 122 Å². The standard InChI is InChI=1S/C15H30N2OS/c1-13(2)10-12(14(3,4)18-13)17-8-6-15(11-16,19-5)7-9-17/h12H,6-11,16H2,1-5H3. The smallest absolute Gasteiger partial charge is 0.0789 e. The third-order valence-electron chi connectivity index (χ3n) is 4.98. The minimum absolute atomic E-state index is 0.01000. The second-order valence-corrected chi connectivity index (χ2v) is 8.59. The van der Waals surface area contributed by atoms with Gasteiger partial charge in [-0.2, -0.15) is 11.8 Å². The maximum atomic E-state index is 6.24. The van der Waals surface area contributed by atoms with Crippen molar-refractivity contribution in [3.63, 3.8) is 0 Å². The molecule has 0 radical (unpaired) electrons. The number of hydrogen-bond donors (Lipinski definition) is 1. The quantitative estimate of drug-likeness (QED) is 0.865. The van der Waals surface area contributed by atoms with E-state index in [1.807, 2.05) is 11.8 Å². The lowest BCUT2D eigenvalue weighted by Gasteiger charge is -2.45. The SMILES string of the molecule is CSC1(CN)CCN(C2CC(C)(C)OC2(C)C)CC1. The Morgan fingerprint density at radius 1 is 1.21 bits per heavy atom. The number of ether oxygens (including phenoxy) is 1. The fourth-order valence-corrected chi connectivity index (χ4v) is 4.59. The lowest BCUT2D eigenvalue weighted by atomic mass is 9.88. The summed E-state index contributed by atoms with van der Waals surface area (Å²) < 4.78 is 6.55. The topological polar surface area (TPSA) is 38.5 Å². The molecule has 1 unspecified atom stereocenters. The fraction of sp³-hybridized carbons (Fsp3) is 1.00. The second-order valence-electron chi connectivity index (χ2n) is 7.31. The normalized spacial score (nSPS) is 33.5. The maximum absolute atomic E-state index is 6.24. The van der Waals surface area contributed by atoms with E-state index in [1.165, 1.54) is 12.8 Å². The van der Waals surface area contributed by atoms with Crippen LogP contribution in [0.25, 0.3) is 0 Å². The Balaban J connectivity index is 2.02. The van der Waals surface area contributed by atoms with Crippen molar-refractivity contribution in [3.05, 3.63) is 0 Å². The first kappa shape index (κ1) is 15.6. The van der Waals surface area contributed by atoms with Crippen LogP contribution < -0.4 is 5.73 Å². The van der Waals surface area contributed by atoms with Gasteiger partial charge in [0, 0.05) is 17.3 Å². The molecule has 2 heterocycles. The number of piperidine rings is 1. The summed E-state index contributed by atoms with van der Waals surface area (Å²) in [4.78, 5) is 2.64. The summed E-state index contributed by atoms with van der Waals surface area (Å²) in [6.07, 6.45) is 5.75. The predicted molar refractivity (Wildman–Crippen MR) is 83.8 cm³/mol. The molecule has 2 saturated heterocycles. The van der Waals surface area contributed by atoms with Gasteiger partial charge in [0.2, 0.25) is 0 Å². The molecule has 0 aromatic rings. The first-order chi connectivity index (χ1) is 8.74. The Kier molecular flexibility index (Phi) is 4.28. The van der Waals surface area contributed by atoms with Crippen LogP contribution in [-0.4, -0.2) is 52.8 Å². The molecular formula is C15H30N2OS. The van der Waals surface area contributed by atoms with Gasteiger partial charge in [0.1, 0.15) is 0 Å². The maximum Gasteiger partial charge on any atom is 0.0789 e. The van der Waals surface area contributed by atoms with E-state index in [2.05, 4.69) is 38.9 Å². The molecule has 112 valence electrons. The summed E-state index contributed by atoms with van der Waals surface area (Å²) in [5, 5.41) is 0. The van der Waals surface area contributed by atoms with Crippen molar-refractivity contribution in [1.82, 2.24) is 4.90 Å². The van der Waals surface area contributed by atoms with Crippen molar-refractivity contribution in [2.75, 3.05) is 25.9 Å². The molecule has 1 atom stereocenters. The van der Waals surface area contributed by atoms with E-state index in [4.69, 9.17) is 10.5 Å². The van der Waals surface area contributed by atoms with Crippen LogP contribution in [0.4, 0.5) is 0 Å². The zero-order valence-electron chi connectivity index (χ0n) is 13.2. The molecule has 19 heavy (non-hydrogen) atoms. The third-order valence-corrected chi connectivity index (χ3v) is 6.42. The molecule has 2 N–H and O–H groups in total. The molecule has 0 aliphatic carbocycles. The number of likely N-dealkylation sites (tertiary alicyclic amines) is 1. The van der Waals surface area contributed by atoms with Gasteiger partial charge in [0.15, 0.2) is 0 Å². The average molecular weight is 286 g/mol. The number of hydrogen-bond acceptors (Lipinski definition) is 4. The summed E-state index contributed by atoms with van der Waals surface area (Å²) in [7, 11) is 0. The molecule has 4 heteroatoms. The lowest BCUT2D eigenvalue weighted by molar-refractivity contribution is -0.0822. The van der Waals surface area contributed by atoms with E-state index in [1.54, 1.807) is 0 Å². The van der Waals surface area contributed by atoms with E-state index in [0.717, 1.165) is 26.1 Å². The first-order valence-electron chi connectivity index (χ1n) is 7.43. The molecule has 0 amide bonds. The molecule has 2 fully saturated rings. The molecule has 0 aromatic carbocycles. The number of rotatable bonds is 3. The van der Waals surface area contributed by atoms with Crippen LogP contribution in [0, 0.1) is 0 Å². The summed E-state index contributed by atoms with van der Waals surface area (Å²) in [5.74, 6) is 0. The molecule has 0 saturated carbocycles. The van der Waals surface area contributed by atoms with Crippen LogP contribution >= 0.6 is 11.8 Å². The van der Waals surface area contributed by atoms with Gasteiger partial charge in [-0.15, -0.1) is 0 Å². The summed E-state index contributed by atoms with van der Waals surface area (Å²) >= 11 is 1.95. The van der Waals surface area contributed by atoms with Gasteiger partial charge >= 0.3 is 0 Å². The predicted octanol–water partition coefficient (Wildman–Crippen LogP) is 2.49. The van der Waals surface area contributed by atoms with Gasteiger partial charge in [-0.3, -0.25) is 4.90 Å². The van der Waals surface area contributed by atoms with Crippen LogP contribution in [0.15, 0.2) is 0 Å². The van der Waals surface area contributed by atoms with E-state index in [9.17, 15) is 0 Å². The highest BCUT2D eigenvalue weighted by atomic mass is 32.2. The third kappa shape index (κ3) is 3.12. The molecule has 2 aliphatic heterocycles. The van der Waals surface area contributed by atoms with Gasteiger partial charge in [-0.05, 0) is 66.3 Å². The van der Waals surface area contributed by atoms with Gasteiger partial charge in [0.05, 0.1) is 11.2 Å². The first-order valence-corrected chi connectivity index (χ1v) is 8.66. The summed E-state index contributed by atoms with van der Waals surface area (Å²) in [5.41, 5.74) is 5.95. The Bertz CT molecular complexity index is 316. The molecule has 2 rings (SSSR count). The van der Waals surface area contributed by atoms with Crippen LogP contribution in [-0.2, 0) is 4.74 Å². The van der Waals surface area contributed by atoms with E-state index >= 15 is 0 Å². The van der Waals surface area contributed by atoms with Crippen molar-refractivity contribution < 1.29 is 4.74 Å². The van der Waals surface area contributed by atoms with Crippen LogP contribution in [0.1, 0.15) is 47.0 Å². The average Bonchev–Trinajstić information content (AvgIpc) is 2.57. The number of nitrogens with zero attached hydrogens (tertiary/aromatic N) is 1. The van der Waals surface area contributed by atoms with Gasteiger partial charge in [-0.1, -0.05) is 0 Å². The lowest BCUT2D eigenvalue weighted by Crippen LogP contribution is -2.54. The van der Waals surface area contributed by atoms with Crippen LogP contribution in [0.2, 0.25) is 0 Å². The zero-order valence-corrected chi connectivity index (χ0v) is 14.0. The zero-order chi connectivity index (χ0) is 14.3. The summed E-state index contributed by atoms with van der Waals surface area (Å²) in [6.45, 7) is 12.0. The van der Waals surface area contributed by atoms with Gasteiger partial charge in [0.25, 0.3) is 0 Å². The fourth-order valence-electron chi connectivity index (χ4n) is 3.84. The highest BCUT2D eigenvalue weighted by Crippen LogP contribution is 2.43. The second kappa shape index (κ2) is 5.21. The van der Waals surface area contributed by atoms with Crippen LogP contribution in [0.5, 0.6) is 0 Å². The largest absolute Gasteiger partial charge is 0.368 e.